The van der Waals surface area contributed by atoms with Crippen molar-refractivity contribution in [2.24, 2.45) is 0 Å². The summed E-state index contributed by atoms with van der Waals surface area (Å²) >= 11 is 1.23. The second-order valence-electron chi connectivity index (χ2n) is 8.06. The molecule has 2 amide bonds. The first-order valence-electron chi connectivity index (χ1n) is 11.3. The summed E-state index contributed by atoms with van der Waals surface area (Å²) in [6, 6.07) is 24.3. The van der Waals surface area contributed by atoms with Gasteiger partial charge in [-0.3, -0.25) is 19.0 Å². The van der Waals surface area contributed by atoms with E-state index in [1.54, 1.807) is 34.9 Å². The smallest absolute Gasteiger partial charge is 0.262 e. The molecule has 4 aromatic rings. The van der Waals surface area contributed by atoms with Crippen LogP contribution in [0.1, 0.15) is 18.9 Å². The monoisotopic (exact) mass is 486 g/mol. The molecular weight excluding hydrogens is 460 g/mol. The number of hydrogen-bond donors (Lipinski definition) is 2. The molecule has 0 spiro atoms. The van der Waals surface area contributed by atoms with Crippen molar-refractivity contribution in [3.8, 4) is 0 Å². The quantitative estimate of drug-likeness (QED) is 0.264. The van der Waals surface area contributed by atoms with Crippen LogP contribution in [-0.4, -0.2) is 27.1 Å². The van der Waals surface area contributed by atoms with Crippen LogP contribution in [-0.2, 0) is 22.6 Å². The molecule has 1 aromatic heterocycles. The van der Waals surface area contributed by atoms with Crippen LogP contribution in [0.2, 0.25) is 0 Å². The zero-order chi connectivity index (χ0) is 24.6. The summed E-state index contributed by atoms with van der Waals surface area (Å²) in [5.74, 6) is -0.321. The van der Waals surface area contributed by atoms with Crippen molar-refractivity contribution in [1.82, 2.24) is 9.55 Å². The summed E-state index contributed by atoms with van der Waals surface area (Å²) in [5.41, 5.74) is 2.90. The molecule has 8 heteroatoms. The van der Waals surface area contributed by atoms with E-state index in [0.29, 0.717) is 34.0 Å². The number of carbonyl (C=O) groups is 2. The Balaban J connectivity index is 1.48. The number of fused-ring (bicyclic) bond motifs is 1. The van der Waals surface area contributed by atoms with Gasteiger partial charge in [0.2, 0.25) is 11.8 Å². The van der Waals surface area contributed by atoms with Crippen LogP contribution in [0.25, 0.3) is 10.9 Å². The predicted molar refractivity (Wildman–Crippen MR) is 141 cm³/mol. The third-order valence-electron chi connectivity index (χ3n) is 5.32. The molecule has 3 aromatic carbocycles. The number of rotatable bonds is 9. The molecule has 4 rings (SSSR count). The second-order valence-corrected chi connectivity index (χ2v) is 9.00. The largest absolute Gasteiger partial charge is 0.326 e. The van der Waals surface area contributed by atoms with Crippen LogP contribution < -0.4 is 16.2 Å². The Morgan fingerprint density at radius 1 is 0.914 bits per heavy atom. The first-order valence-corrected chi connectivity index (χ1v) is 12.3. The average Bonchev–Trinajstić information content (AvgIpc) is 2.85. The van der Waals surface area contributed by atoms with Crippen LogP contribution >= 0.6 is 11.8 Å². The summed E-state index contributed by atoms with van der Waals surface area (Å²) in [7, 11) is 0. The van der Waals surface area contributed by atoms with E-state index >= 15 is 0 Å². The van der Waals surface area contributed by atoms with Gasteiger partial charge in [0.1, 0.15) is 0 Å². The van der Waals surface area contributed by atoms with Crippen molar-refractivity contribution < 1.29 is 9.59 Å². The van der Waals surface area contributed by atoms with E-state index in [4.69, 9.17) is 0 Å². The highest BCUT2D eigenvalue weighted by Crippen LogP contribution is 2.20. The Kier molecular flexibility index (Phi) is 7.95. The molecule has 0 saturated carbocycles. The summed E-state index contributed by atoms with van der Waals surface area (Å²) in [6.45, 7) is 1.94. The first-order chi connectivity index (χ1) is 17.0. The number of nitrogens with zero attached hydrogens (tertiary/aromatic N) is 2. The van der Waals surface area contributed by atoms with E-state index in [1.165, 1.54) is 24.2 Å². The van der Waals surface area contributed by atoms with Crippen molar-refractivity contribution in [2.45, 2.75) is 31.5 Å². The maximum absolute atomic E-state index is 13.2. The molecule has 1 heterocycles. The van der Waals surface area contributed by atoms with E-state index in [2.05, 4.69) is 27.8 Å². The van der Waals surface area contributed by atoms with E-state index in [-0.39, 0.29) is 23.1 Å². The topological polar surface area (TPSA) is 93.1 Å². The Bertz CT molecular complexity index is 1400. The molecule has 0 bridgehead atoms. The molecule has 0 unspecified atom stereocenters. The van der Waals surface area contributed by atoms with Gasteiger partial charge >= 0.3 is 0 Å². The van der Waals surface area contributed by atoms with Gasteiger partial charge < -0.3 is 10.6 Å². The number of anilines is 2. The van der Waals surface area contributed by atoms with Gasteiger partial charge in [-0.2, -0.15) is 0 Å². The number of aromatic nitrogens is 2. The number of nitrogens with one attached hydrogen (secondary N) is 2. The third kappa shape index (κ3) is 6.58. The lowest BCUT2D eigenvalue weighted by Gasteiger charge is -2.13. The minimum atomic E-state index is -0.229. The van der Waals surface area contributed by atoms with Gasteiger partial charge in [0.15, 0.2) is 5.16 Å². The van der Waals surface area contributed by atoms with Crippen molar-refractivity contribution in [1.29, 1.82) is 0 Å². The second kappa shape index (κ2) is 11.5. The molecule has 0 fully saturated rings. The first kappa shape index (κ1) is 24.2. The maximum atomic E-state index is 13.2. The van der Waals surface area contributed by atoms with Crippen molar-refractivity contribution in [2.75, 3.05) is 16.4 Å². The third-order valence-corrected chi connectivity index (χ3v) is 6.29. The number of thioether (sulfide) groups is 1. The summed E-state index contributed by atoms with van der Waals surface area (Å²) < 4.78 is 1.67. The zero-order valence-electron chi connectivity index (χ0n) is 19.4. The van der Waals surface area contributed by atoms with Gasteiger partial charge in [0.25, 0.3) is 5.56 Å². The zero-order valence-corrected chi connectivity index (χ0v) is 20.2. The van der Waals surface area contributed by atoms with Crippen LogP contribution in [0.4, 0.5) is 11.4 Å². The van der Waals surface area contributed by atoms with Crippen molar-refractivity contribution in [3.63, 3.8) is 0 Å². The molecule has 2 N–H and O–H groups in total. The maximum Gasteiger partial charge on any atom is 0.262 e. The Hall–Kier alpha value is -3.91. The van der Waals surface area contributed by atoms with Crippen LogP contribution in [0, 0.1) is 0 Å². The molecule has 0 saturated heterocycles. The molecular formula is C27H26N4O3S. The number of aryl methyl sites for hydroxylation is 1. The molecule has 7 nitrogen and oxygen atoms in total. The van der Waals surface area contributed by atoms with Gasteiger partial charge in [0, 0.05) is 24.8 Å². The lowest BCUT2D eigenvalue weighted by molar-refractivity contribution is -0.114. The highest BCUT2D eigenvalue weighted by Gasteiger charge is 2.13. The van der Waals surface area contributed by atoms with Gasteiger partial charge in [0.05, 0.1) is 16.7 Å². The van der Waals surface area contributed by atoms with E-state index in [1.807, 2.05) is 36.4 Å². The van der Waals surface area contributed by atoms with Gasteiger partial charge in [-0.15, -0.1) is 0 Å². The summed E-state index contributed by atoms with van der Waals surface area (Å²) in [4.78, 5) is 41.8. The number of hydrogen-bond acceptors (Lipinski definition) is 5. The summed E-state index contributed by atoms with van der Waals surface area (Å²) in [6.07, 6.45) is 1.62. The van der Waals surface area contributed by atoms with Gasteiger partial charge in [-0.25, -0.2) is 4.98 Å². The van der Waals surface area contributed by atoms with Crippen LogP contribution in [0.3, 0.4) is 0 Å². The minimum absolute atomic E-state index is 0.0911. The number of carbonyl (C=O) groups excluding carboxylic acids is 2. The van der Waals surface area contributed by atoms with Crippen LogP contribution in [0.15, 0.2) is 88.8 Å². The minimum Gasteiger partial charge on any atom is -0.326 e. The fourth-order valence-corrected chi connectivity index (χ4v) is 4.57. The lowest BCUT2D eigenvalue weighted by Crippen LogP contribution is -2.24. The fraction of sp³-hybridized carbons (Fsp3) is 0.185. The highest BCUT2D eigenvalue weighted by atomic mass is 32.2. The number of amides is 2. The van der Waals surface area contributed by atoms with Gasteiger partial charge in [-0.1, -0.05) is 60.3 Å². The standard InChI is InChI=1S/C27H26N4O3S/c1-19(32)28-21-12-7-13-22(17-21)29-25(33)18-35-27-30-24-15-6-5-14-23(24)26(34)31(27)16-8-11-20-9-3-2-4-10-20/h2-7,9-10,12-15,17H,8,11,16,18H2,1H3,(H,28,32)(H,29,33). The van der Waals surface area contributed by atoms with Crippen molar-refractivity contribution >= 4 is 45.9 Å². The fourth-order valence-electron chi connectivity index (χ4n) is 3.75. The Morgan fingerprint density at radius 3 is 2.40 bits per heavy atom. The lowest BCUT2D eigenvalue weighted by atomic mass is 10.1. The predicted octanol–water partition coefficient (Wildman–Crippen LogP) is 4.72. The Labute approximate surface area is 207 Å². The molecule has 0 aliphatic heterocycles. The molecule has 35 heavy (non-hydrogen) atoms. The van der Waals surface area contributed by atoms with Crippen LogP contribution in [0.5, 0.6) is 0 Å². The van der Waals surface area contributed by atoms with Crippen molar-refractivity contribution in [3.05, 3.63) is 94.8 Å². The highest BCUT2D eigenvalue weighted by molar-refractivity contribution is 7.99. The molecule has 0 atom stereocenters. The normalized spacial score (nSPS) is 10.8. The Morgan fingerprint density at radius 2 is 1.63 bits per heavy atom. The SMILES string of the molecule is CC(=O)Nc1cccc(NC(=O)CSc2nc3ccccc3c(=O)n2CCCc2ccccc2)c1. The molecule has 178 valence electrons. The molecule has 0 radical (unpaired) electrons. The van der Waals surface area contributed by atoms with E-state index < -0.39 is 0 Å². The van der Waals surface area contributed by atoms with E-state index in [9.17, 15) is 14.4 Å². The number of para-hydroxylation sites is 1. The number of benzene rings is 3. The summed E-state index contributed by atoms with van der Waals surface area (Å²) in [5, 5.41) is 6.61. The van der Waals surface area contributed by atoms with Gasteiger partial charge in [-0.05, 0) is 48.7 Å². The molecule has 0 aliphatic rings. The average molecular weight is 487 g/mol. The molecule has 0 aliphatic carbocycles. The van der Waals surface area contributed by atoms with E-state index in [0.717, 1.165) is 12.8 Å².